The van der Waals surface area contributed by atoms with E-state index in [0.29, 0.717) is 17.6 Å². The predicted octanol–water partition coefficient (Wildman–Crippen LogP) is 0.894. The standard InChI is InChI=1S/C23H27N7O3/c1-24-20-9-18(16-11-29(12-7-13(31)8-12)21-14(16)3-2-6-25-21)27-22-15(10-26-30(20)22)23(33)28-17-4-5-19(17)32/h2-3,6,9-10,12-13,16-17,19,24,31-32H,4-5,7-8,11H2,1H3,(H,28,33)/t12?,13?,16?,17-,19+/m0/s1. The summed E-state index contributed by atoms with van der Waals surface area (Å²) in [4.78, 5) is 24.8. The maximum Gasteiger partial charge on any atom is 0.257 e. The van der Waals surface area contributed by atoms with Gasteiger partial charge in [-0.2, -0.15) is 9.61 Å². The van der Waals surface area contributed by atoms with Crippen molar-refractivity contribution in [1.29, 1.82) is 0 Å². The smallest absolute Gasteiger partial charge is 0.257 e. The zero-order valence-corrected chi connectivity index (χ0v) is 18.3. The average molecular weight is 450 g/mol. The van der Waals surface area contributed by atoms with Gasteiger partial charge in [0.2, 0.25) is 0 Å². The first kappa shape index (κ1) is 20.4. The molecule has 0 saturated heterocycles. The van der Waals surface area contributed by atoms with Crippen LogP contribution in [0.5, 0.6) is 0 Å². The lowest BCUT2D eigenvalue weighted by Crippen LogP contribution is -2.50. The Hall–Kier alpha value is -3.24. The molecule has 1 unspecified atom stereocenters. The highest BCUT2D eigenvalue weighted by Crippen LogP contribution is 2.43. The van der Waals surface area contributed by atoms with Crippen LogP contribution in [0.1, 0.15) is 53.2 Å². The maximum atomic E-state index is 12.9. The van der Waals surface area contributed by atoms with Crippen LogP contribution in [0.2, 0.25) is 0 Å². The SMILES string of the molecule is CNc1cc(C2CN(C3CC(O)C3)c3ncccc32)nc2c(C(=O)N[C@H]3CC[C@H]3O)cnn12. The Bertz CT molecular complexity index is 1220. The summed E-state index contributed by atoms with van der Waals surface area (Å²) >= 11 is 0. The van der Waals surface area contributed by atoms with Gasteiger partial charge in [0.25, 0.3) is 5.91 Å². The van der Waals surface area contributed by atoms with Gasteiger partial charge in [-0.05, 0) is 31.7 Å². The highest BCUT2D eigenvalue weighted by atomic mass is 16.3. The number of rotatable bonds is 5. The van der Waals surface area contributed by atoms with Gasteiger partial charge < -0.3 is 25.7 Å². The van der Waals surface area contributed by atoms with Gasteiger partial charge in [-0.15, -0.1) is 0 Å². The summed E-state index contributed by atoms with van der Waals surface area (Å²) in [5.74, 6) is 1.39. The summed E-state index contributed by atoms with van der Waals surface area (Å²) in [6.45, 7) is 0.722. The molecule has 3 aliphatic rings. The molecule has 3 aromatic rings. The lowest BCUT2D eigenvalue weighted by molar-refractivity contribution is 0.0448. The third-order valence-corrected chi connectivity index (χ3v) is 7.28. The number of hydrogen-bond acceptors (Lipinski definition) is 8. The number of hydrogen-bond donors (Lipinski definition) is 4. The van der Waals surface area contributed by atoms with E-state index in [9.17, 15) is 15.0 Å². The molecule has 10 nitrogen and oxygen atoms in total. The van der Waals surface area contributed by atoms with E-state index in [1.54, 1.807) is 10.7 Å². The molecule has 33 heavy (non-hydrogen) atoms. The second kappa shape index (κ2) is 7.67. The van der Waals surface area contributed by atoms with Gasteiger partial charge in [-0.25, -0.2) is 9.97 Å². The molecule has 0 radical (unpaired) electrons. The number of fused-ring (bicyclic) bond motifs is 2. The Balaban J connectivity index is 1.38. The summed E-state index contributed by atoms with van der Waals surface area (Å²) < 4.78 is 1.63. The first-order valence-corrected chi connectivity index (χ1v) is 11.5. The minimum absolute atomic E-state index is 0.0113. The molecule has 4 N–H and O–H groups in total. The molecule has 3 aromatic heterocycles. The third kappa shape index (κ3) is 3.24. The topological polar surface area (TPSA) is 128 Å². The summed E-state index contributed by atoms with van der Waals surface area (Å²) in [7, 11) is 1.82. The van der Waals surface area contributed by atoms with Gasteiger partial charge in [-0.3, -0.25) is 4.79 Å². The number of aliphatic hydroxyl groups is 2. The van der Waals surface area contributed by atoms with E-state index >= 15 is 0 Å². The van der Waals surface area contributed by atoms with E-state index in [-0.39, 0.29) is 30.0 Å². The molecule has 10 heteroatoms. The van der Waals surface area contributed by atoms with Gasteiger partial charge in [0, 0.05) is 43.4 Å². The monoisotopic (exact) mass is 449 g/mol. The molecule has 1 aliphatic heterocycles. The van der Waals surface area contributed by atoms with Crippen molar-refractivity contribution in [2.75, 3.05) is 23.8 Å². The third-order valence-electron chi connectivity index (χ3n) is 7.28. The van der Waals surface area contributed by atoms with Crippen LogP contribution in [0, 0.1) is 0 Å². The normalized spacial score (nSPS) is 28.2. The Kier molecular flexibility index (Phi) is 4.73. The van der Waals surface area contributed by atoms with E-state index < -0.39 is 6.10 Å². The lowest BCUT2D eigenvalue weighted by atomic mass is 9.88. The van der Waals surface area contributed by atoms with Crippen LogP contribution < -0.4 is 15.5 Å². The Labute approximate surface area is 190 Å². The number of aliphatic hydroxyl groups excluding tert-OH is 2. The van der Waals surface area contributed by atoms with Crippen molar-refractivity contribution in [2.45, 2.75) is 55.9 Å². The average Bonchev–Trinajstić information content (AvgIpc) is 3.40. The summed E-state index contributed by atoms with van der Waals surface area (Å²) in [5.41, 5.74) is 2.80. The van der Waals surface area contributed by atoms with Crippen molar-refractivity contribution in [3.63, 3.8) is 0 Å². The second-order valence-electron chi connectivity index (χ2n) is 9.23. The molecule has 4 heterocycles. The van der Waals surface area contributed by atoms with Crippen LogP contribution in [0.4, 0.5) is 11.6 Å². The van der Waals surface area contributed by atoms with E-state index in [1.807, 2.05) is 19.2 Å². The predicted molar refractivity (Wildman–Crippen MR) is 121 cm³/mol. The Morgan fingerprint density at radius 1 is 1.24 bits per heavy atom. The van der Waals surface area contributed by atoms with Gasteiger partial charge in [-0.1, -0.05) is 6.07 Å². The van der Waals surface area contributed by atoms with Crippen molar-refractivity contribution in [3.8, 4) is 0 Å². The number of amides is 1. The molecular formula is C23H27N7O3. The maximum absolute atomic E-state index is 12.9. The zero-order chi connectivity index (χ0) is 22.7. The van der Waals surface area contributed by atoms with Crippen LogP contribution >= 0.6 is 0 Å². The molecule has 0 spiro atoms. The molecule has 0 bridgehead atoms. The van der Waals surface area contributed by atoms with Gasteiger partial charge >= 0.3 is 0 Å². The molecule has 0 aromatic carbocycles. The molecule has 3 atom stereocenters. The highest BCUT2D eigenvalue weighted by molar-refractivity contribution is 6.00. The quantitative estimate of drug-likeness (QED) is 0.452. The molecule has 6 rings (SSSR count). The fourth-order valence-corrected chi connectivity index (χ4v) is 5.09. The molecule has 2 fully saturated rings. The largest absolute Gasteiger partial charge is 0.393 e. The van der Waals surface area contributed by atoms with Crippen LogP contribution in [0.25, 0.3) is 5.65 Å². The van der Waals surface area contributed by atoms with E-state index in [0.717, 1.165) is 48.7 Å². The highest BCUT2D eigenvalue weighted by Gasteiger charge is 2.41. The van der Waals surface area contributed by atoms with Gasteiger partial charge in [0.05, 0.1) is 30.1 Å². The fraction of sp³-hybridized carbons (Fsp3) is 0.478. The van der Waals surface area contributed by atoms with Crippen molar-refractivity contribution in [1.82, 2.24) is 24.9 Å². The number of pyridine rings is 1. The second-order valence-corrected chi connectivity index (χ2v) is 9.23. The van der Waals surface area contributed by atoms with Crippen LogP contribution in [0.15, 0.2) is 30.6 Å². The molecular weight excluding hydrogens is 422 g/mol. The summed E-state index contributed by atoms with van der Waals surface area (Å²) in [6.07, 6.45) is 5.56. The lowest BCUT2D eigenvalue weighted by Gasteiger charge is -2.39. The summed E-state index contributed by atoms with van der Waals surface area (Å²) in [5, 5.41) is 30.1. The van der Waals surface area contributed by atoms with Crippen LogP contribution in [-0.4, -0.2) is 73.6 Å². The summed E-state index contributed by atoms with van der Waals surface area (Å²) in [6, 6.07) is 6.03. The Morgan fingerprint density at radius 2 is 2.09 bits per heavy atom. The number of aromatic nitrogens is 4. The van der Waals surface area contributed by atoms with Crippen molar-refractivity contribution >= 4 is 23.2 Å². The Morgan fingerprint density at radius 3 is 2.79 bits per heavy atom. The van der Waals surface area contributed by atoms with E-state index in [4.69, 9.17) is 4.98 Å². The van der Waals surface area contributed by atoms with Crippen LogP contribution in [-0.2, 0) is 0 Å². The van der Waals surface area contributed by atoms with Gasteiger partial charge in [0.1, 0.15) is 17.2 Å². The molecule has 2 aliphatic carbocycles. The van der Waals surface area contributed by atoms with Crippen molar-refractivity contribution in [3.05, 3.63) is 47.4 Å². The minimum atomic E-state index is -0.495. The number of anilines is 2. The number of nitrogens with one attached hydrogen (secondary N) is 2. The van der Waals surface area contributed by atoms with Crippen molar-refractivity contribution in [2.24, 2.45) is 0 Å². The molecule has 1 amide bonds. The first-order valence-electron chi connectivity index (χ1n) is 11.5. The first-order chi connectivity index (χ1) is 16.0. The van der Waals surface area contributed by atoms with E-state index in [2.05, 4.69) is 31.7 Å². The number of carbonyl (C=O) groups is 1. The van der Waals surface area contributed by atoms with Gasteiger partial charge in [0.15, 0.2) is 5.65 Å². The number of nitrogens with zero attached hydrogens (tertiary/aromatic N) is 5. The number of carbonyl (C=O) groups excluding carboxylic acids is 1. The zero-order valence-electron chi connectivity index (χ0n) is 18.3. The van der Waals surface area contributed by atoms with E-state index in [1.165, 1.54) is 6.20 Å². The molecule has 172 valence electrons. The fourth-order valence-electron chi connectivity index (χ4n) is 5.09. The molecule has 2 saturated carbocycles. The van der Waals surface area contributed by atoms with Crippen LogP contribution in [0.3, 0.4) is 0 Å². The minimum Gasteiger partial charge on any atom is -0.393 e. The van der Waals surface area contributed by atoms with Crippen molar-refractivity contribution < 1.29 is 15.0 Å².